The summed E-state index contributed by atoms with van der Waals surface area (Å²) in [5, 5.41) is 3.14. The van der Waals surface area contributed by atoms with Crippen LogP contribution in [0, 0.1) is 5.92 Å². The van der Waals surface area contributed by atoms with Gasteiger partial charge < -0.3 is 5.32 Å². The number of nitrogens with zero attached hydrogens (tertiary/aromatic N) is 2. The molecular weight excluding hydrogens is 346 g/mol. The Hall–Kier alpha value is -2.60. The van der Waals surface area contributed by atoms with Crippen molar-refractivity contribution >= 4 is 40.5 Å². The first-order valence-electron chi connectivity index (χ1n) is 8.82. The van der Waals surface area contributed by atoms with E-state index in [0.29, 0.717) is 5.71 Å². The van der Waals surface area contributed by atoms with Gasteiger partial charge in [0.15, 0.2) is 0 Å². The fourth-order valence-corrected chi connectivity index (χ4v) is 3.86. The molecule has 1 aromatic rings. The third kappa shape index (κ3) is 3.24. The van der Waals surface area contributed by atoms with Crippen LogP contribution < -0.4 is 5.32 Å². The van der Waals surface area contributed by atoms with Crippen LogP contribution in [-0.2, 0) is 22.4 Å². The summed E-state index contributed by atoms with van der Waals surface area (Å²) in [5.74, 6) is -0.648. The Balaban J connectivity index is 1.38. The van der Waals surface area contributed by atoms with Crippen LogP contribution in [0.25, 0.3) is 0 Å². The molecule has 26 heavy (non-hydrogen) atoms. The van der Waals surface area contributed by atoms with Gasteiger partial charge in [0.05, 0.1) is 11.6 Å². The Morgan fingerprint density at radius 1 is 1.27 bits per heavy atom. The fraction of sp³-hybridized carbons (Fsp3) is 0.300. The standard InChI is InChI=1S/C20H19N3O2S/c24-18(21-15-9-8-13-4-3-5-14(13)12-15)10-11-23-19(25)16-6-1-2-7-17(16)22-20(23)26/h1-2,6-9,12,16H,3-5,10-11H2,(H,21,24). The topological polar surface area (TPSA) is 61.8 Å². The number of carbonyl (C=O) groups is 2. The smallest absolute Gasteiger partial charge is 0.241 e. The lowest BCUT2D eigenvalue weighted by Crippen LogP contribution is -2.46. The number of amides is 2. The molecule has 2 amide bonds. The minimum atomic E-state index is -0.397. The first-order valence-corrected chi connectivity index (χ1v) is 9.23. The van der Waals surface area contributed by atoms with E-state index in [1.165, 1.54) is 22.4 Å². The first-order chi connectivity index (χ1) is 12.6. The van der Waals surface area contributed by atoms with Crippen molar-refractivity contribution in [2.75, 3.05) is 11.9 Å². The van der Waals surface area contributed by atoms with E-state index in [1.807, 2.05) is 24.3 Å². The number of allylic oxidation sites excluding steroid dienone is 3. The zero-order valence-corrected chi connectivity index (χ0v) is 15.1. The van der Waals surface area contributed by atoms with Crippen molar-refractivity contribution in [3.8, 4) is 0 Å². The highest BCUT2D eigenvalue weighted by Gasteiger charge is 2.33. The first kappa shape index (κ1) is 16.8. The lowest BCUT2D eigenvalue weighted by molar-refractivity contribution is -0.128. The molecule has 5 nitrogen and oxygen atoms in total. The molecule has 3 aliphatic rings. The van der Waals surface area contributed by atoms with Crippen LogP contribution in [0.15, 0.2) is 47.5 Å². The maximum atomic E-state index is 12.6. The molecular formula is C20H19N3O2S. The van der Waals surface area contributed by atoms with Crippen LogP contribution in [0.3, 0.4) is 0 Å². The summed E-state index contributed by atoms with van der Waals surface area (Å²) in [6, 6.07) is 6.07. The molecule has 1 unspecified atom stereocenters. The van der Waals surface area contributed by atoms with Gasteiger partial charge in [-0.15, -0.1) is 0 Å². The molecule has 1 heterocycles. The highest BCUT2D eigenvalue weighted by molar-refractivity contribution is 7.80. The largest absolute Gasteiger partial charge is 0.326 e. The fourth-order valence-electron chi connectivity index (χ4n) is 3.57. The molecule has 1 aliphatic heterocycles. The van der Waals surface area contributed by atoms with E-state index in [4.69, 9.17) is 12.2 Å². The average molecular weight is 365 g/mol. The Morgan fingerprint density at radius 2 is 2.12 bits per heavy atom. The highest BCUT2D eigenvalue weighted by Crippen LogP contribution is 2.25. The molecule has 0 aromatic heterocycles. The summed E-state index contributed by atoms with van der Waals surface area (Å²) in [7, 11) is 0. The molecule has 4 rings (SSSR count). The van der Waals surface area contributed by atoms with Crippen molar-refractivity contribution in [2.45, 2.75) is 25.7 Å². The molecule has 0 spiro atoms. The second-order valence-corrected chi connectivity index (χ2v) is 7.03. The predicted octanol–water partition coefficient (Wildman–Crippen LogP) is 2.81. The minimum Gasteiger partial charge on any atom is -0.326 e. The van der Waals surface area contributed by atoms with Gasteiger partial charge in [-0.25, -0.2) is 4.99 Å². The molecule has 1 aromatic carbocycles. The van der Waals surface area contributed by atoms with Crippen molar-refractivity contribution in [3.05, 3.63) is 53.6 Å². The highest BCUT2D eigenvalue weighted by atomic mass is 32.1. The maximum Gasteiger partial charge on any atom is 0.241 e. The van der Waals surface area contributed by atoms with Gasteiger partial charge in [0.1, 0.15) is 0 Å². The molecule has 0 bridgehead atoms. The normalized spacial score (nSPS) is 20.7. The number of aryl methyl sites for hydroxylation is 2. The van der Waals surface area contributed by atoms with E-state index in [-0.39, 0.29) is 29.9 Å². The van der Waals surface area contributed by atoms with Crippen molar-refractivity contribution in [1.82, 2.24) is 4.90 Å². The second kappa shape index (κ2) is 6.96. The summed E-state index contributed by atoms with van der Waals surface area (Å²) in [6.45, 7) is 0.235. The summed E-state index contributed by atoms with van der Waals surface area (Å²) in [5.41, 5.74) is 4.16. The predicted molar refractivity (Wildman–Crippen MR) is 105 cm³/mol. The Morgan fingerprint density at radius 3 is 3.00 bits per heavy atom. The number of nitrogens with one attached hydrogen (secondary N) is 1. The van der Waals surface area contributed by atoms with Crippen LogP contribution in [0.5, 0.6) is 0 Å². The van der Waals surface area contributed by atoms with Gasteiger partial charge in [-0.1, -0.05) is 24.3 Å². The van der Waals surface area contributed by atoms with Crippen molar-refractivity contribution in [3.63, 3.8) is 0 Å². The number of fused-ring (bicyclic) bond motifs is 2. The number of anilines is 1. The van der Waals surface area contributed by atoms with E-state index in [9.17, 15) is 9.59 Å². The summed E-state index contributed by atoms with van der Waals surface area (Å²) in [4.78, 5) is 30.7. The van der Waals surface area contributed by atoms with Crippen LogP contribution in [0.1, 0.15) is 24.0 Å². The van der Waals surface area contributed by atoms with Crippen molar-refractivity contribution in [1.29, 1.82) is 0 Å². The molecule has 0 saturated carbocycles. The molecule has 0 radical (unpaired) electrons. The molecule has 2 aliphatic carbocycles. The molecule has 6 heteroatoms. The Bertz CT molecular complexity index is 885. The van der Waals surface area contributed by atoms with E-state index in [1.54, 1.807) is 12.2 Å². The van der Waals surface area contributed by atoms with Crippen molar-refractivity contribution in [2.24, 2.45) is 10.9 Å². The van der Waals surface area contributed by atoms with E-state index in [2.05, 4.69) is 16.4 Å². The van der Waals surface area contributed by atoms with Gasteiger partial charge in [0.2, 0.25) is 16.9 Å². The number of thiocarbonyl (C=S) groups is 1. The van der Waals surface area contributed by atoms with Gasteiger partial charge in [0.25, 0.3) is 0 Å². The van der Waals surface area contributed by atoms with E-state index < -0.39 is 5.92 Å². The van der Waals surface area contributed by atoms with Crippen LogP contribution in [-0.4, -0.2) is 34.1 Å². The van der Waals surface area contributed by atoms with Crippen LogP contribution >= 0.6 is 12.2 Å². The summed E-state index contributed by atoms with van der Waals surface area (Å²) >= 11 is 5.24. The third-order valence-electron chi connectivity index (χ3n) is 4.93. The van der Waals surface area contributed by atoms with E-state index in [0.717, 1.165) is 18.5 Å². The lowest BCUT2D eigenvalue weighted by Gasteiger charge is -2.30. The zero-order valence-electron chi connectivity index (χ0n) is 14.3. The SMILES string of the molecule is O=C(CCN1C(=O)C2C=CC=CC2=NC1=S)Nc1ccc2c(c1)CCC2. The quantitative estimate of drug-likeness (QED) is 0.835. The number of carbonyl (C=O) groups excluding carboxylic acids is 2. The van der Waals surface area contributed by atoms with Crippen LogP contribution in [0.2, 0.25) is 0 Å². The van der Waals surface area contributed by atoms with Gasteiger partial charge >= 0.3 is 0 Å². The Labute approximate surface area is 157 Å². The Kier molecular flexibility index (Phi) is 4.51. The van der Waals surface area contributed by atoms with Crippen molar-refractivity contribution < 1.29 is 9.59 Å². The van der Waals surface area contributed by atoms with Gasteiger partial charge in [0, 0.05) is 18.7 Å². The number of benzene rings is 1. The summed E-state index contributed by atoms with van der Waals surface area (Å²) in [6.07, 6.45) is 10.8. The second-order valence-electron chi connectivity index (χ2n) is 6.67. The molecule has 1 N–H and O–H groups in total. The molecule has 132 valence electrons. The lowest BCUT2D eigenvalue weighted by atomic mass is 9.95. The summed E-state index contributed by atoms with van der Waals surface area (Å²) < 4.78 is 0. The zero-order chi connectivity index (χ0) is 18.1. The van der Waals surface area contributed by atoms with E-state index >= 15 is 0 Å². The minimum absolute atomic E-state index is 0.120. The third-order valence-corrected chi connectivity index (χ3v) is 5.24. The number of aliphatic imine (C=N–C) groups is 1. The van der Waals surface area contributed by atoms with Gasteiger partial charge in [-0.2, -0.15) is 0 Å². The van der Waals surface area contributed by atoms with Gasteiger partial charge in [-0.3, -0.25) is 14.5 Å². The number of hydrogen-bond acceptors (Lipinski definition) is 3. The average Bonchev–Trinajstić information content (AvgIpc) is 3.09. The maximum absolute atomic E-state index is 12.6. The van der Waals surface area contributed by atoms with Crippen LogP contribution in [0.4, 0.5) is 5.69 Å². The number of hydrogen-bond donors (Lipinski definition) is 1. The molecule has 0 saturated heterocycles. The van der Waals surface area contributed by atoms with Gasteiger partial charge in [-0.05, 0) is 60.8 Å². The molecule has 0 fully saturated rings. The monoisotopic (exact) mass is 365 g/mol. The number of rotatable bonds is 4. The molecule has 1 atom stereocenters.